The van der Waals surface area contributed by atoms with E-state index in [1.54, 1.807) is 0 Å². The first-order valence-electron chi connectivity index (χ1n) is 4.40. The van der Waals surface area contributed by atoms with Crippen LogP contribution in [0.5, 0.6) is 0 Å². The van der Waals surface area contributed by atoms with Gasteiger partial charge in [0.1, 0.15) is 4.88 Å². The minimum absolute atomic E-state index is 0.415. The van der Waals surface area contributed by atoms with E-state index in [1.807, 2.05) is 13.8 Å². The molecule has 1 heterocycles. The Labute approximate surface area is 81.4 Å². The second-order valence-electron chi connectivity index (χ2n) is 2.79. The number of thiazole rings is 1. The summed E-state index contributed by atoms with van der Waals surface area (Å²) >= 11 is 1.30. The number of hydrogen-bond donors (Lipinski definition) is 1. The molecule has 0 fully saturated rings. The number of aromatic nitrogens is 1. The van der Waals surface area contributed by atoms with Crippen LogP contribution in [0.3, 0.4) is 0 Å². The predicted molar refractivity (Wildman–Crippen MR) is 52.4 cm³/mol. The smallest absolute Gasteiger partial charge is 0.347 e. The van der Waals surface area contributed by atoms with Gasteiger partial charge in [-0.2, -0.15) is 0 Å². The van der Waals surface area contributed by atoms with Crippen LogP contribution in [0.4, 0.5) is 0 Å². The Kier molecular flexibility index (Phi) is 3.42. The van der Waals surface area contributed by atoms with Crippen LogP contribution in [0.2, 0.25) is 0 Å². The Morgan fingerprint density at radius 2 is 2.23 bits per heavy atom. The van der Waals surface area contributed by atoms with E-state index in [1.165, 1.54) is 11.3 Å². The van der Waals surface area contributed by atoms with E-state index < -0.39 is 5.97 Å². The average Bonchev–Trinajstić information content (AvgIpc) is 2.48. The van der Waals surface area contributed by atoms with Gasteiger partial charge < -0.3 is 5.11 Å². The third kappa shape index (κ3) is 2.28. The maximum atomic E-state index is 10.8. The minimum Gasteiger partial charge on any atom is -0.477 e. The van der Waals surface area contributed by atoms with Crippen molar-refractivity contribution < 1.29 is 9.90 Å². The Hall–Kier alpha value is -0.900. The molecule has 1 N–H and O–H groups in total. The summed E-state index contributed by atoms with van der Waals surface area (Å²) in [6.45, 7) is 4.01. The molecule has 72 valence electrons. The van der Waals surface area contributed by atoms with Crippen molar-refractivity contribution in [1.29, 1.82) is 0 Å². The summed E-state index contributed by atoms with van der Waals surface area (Å²) in [6.07, 6.45) is 2.51. The van der Waals surface area contributed by atoms with Crippen LogP contribution in [-0.4, -0.2) is 16.1 Å². The van der Waals surface area contributed by atoms with Gasteiger partial charge >= 0.3 is 5.97 Å². The fraction of sp³-hybridized carbons (Fsp3) is 0.556. The number of carbonyl (C=O) groups is 1. The lowest BCUT2D eigenvalue weighted by molar-refractivity contribution is 0.0700. The van der Waals surface area contributed by atoms with Gasteiger partial charge in [-0.05, 0) is 12.8 Å². The van der Waals surface area contributed by atoms with Crippen molar-refractivity contribution in [3.05, 3.63) is 15.6 Å². The Bertz CT molecular complexity index is 307. The lowest BCUT2D eigenvalue weighted by atomic mass is 10.2. The van der Waals surface area contributed by atoms with Crippen LogP contribution >= 0.6 is 11.3 Å². The highest BCUT2D eigenvalue weighted by molar-refractivity contribution is 7.13. The summed E-state index contributed by atoms with van der Waals surface area (Å²) in [4.78, 5) is 15.5. The quantitative estimate of drug-likeness (QED) is 0.809. The van der Waals surface area contributed by atoms with E-state index in [9.17, 15) is 4.79 Å². The molecule has 0 aliphatic carbocycles. The molecule has 0 aromatic carbocycles. The summed E-state index contributed by atoms with van der Waals surface area (Å²) in [6, 6.07) is 0. The number of aryl methyl sites for hydroxylation is 2. The zero-order chi connectivity index (χ0) is 9.84. The van der Waals surface area contributed by atoms with Crippen LogP contribution in [0.15, 0.2) is 0 Å². The minimum atomic E-state index is -0.847. The van der Waals surface area contributed by atoms with Crippen molar-refractivity contribution in [3.63, 3.8) is 0 Å². The number of carboxylic acids is 1. The molecule has 0 unspecified atom stereocenters. The molecule has 0 spiro atoms. The molecule has 0 radical (unpaired) electrons. The van der Waals surface area contributed by atoms with E-state index in [4.69, 9.17) is 5.11 Å². The second-order valence-corrected chi connectivity index (χ2v) is 3.88. The van der Waals surface area contributed by atoms with E-state index in [-0.39, 0.29) is 0 Å². The number of hydrogen-bond acceptors (Lipinski definition) is 3. The molecule has 0 saturated heterocycles. The standard InChI is InChI=1S/C9H13NO2S/c1-3-5-6-8(9(11)12)13-7(4-2)10-6/h3-5H2,1-2H3,(H,11,12). The first-order valence-corrected chi connectivity index (χ1v) is 5.22. The molecular weight excluding hydrogens is 186 g/mol. The van der Waals surface area contributed by atoms with Crippen LogP contribution in [0.25, 0.3) is 0 Å². The molecule has 0 aliphatic heterocycles. The van der Waals surface area contributed by atoms with Gasteiger partial charge in [-0.3, -0.25) is 0 Å². The normalized spacial score (nSPS) is 10.3. The van der Waals surface area contributed by atoms with Gasteiger partial charge in [-0.25, -0.2) is 9.78 Å². The molecule has 0 saturated carbocycles. The van der Waals surface area contributed by atoms with Gasteiger partial charge in [0.25, 0.3) is 0 Å². The molecule has 1 aromatic rings. The zero-order valence-corrected chi connectivity index (χ0v) is 8.65. The van der Waals surface area contributed by atoms with Crippen LogP contribution in [0.1, 0.15) is 40.6 Å². The molecule has 0 bridgehead atoms. The van der Waals surface area contributed by atoms with Gasteiger partial charge in [-0.15, -0.1) is 11.3 Å². The fourth-order valence-electron chi connectivity index (χ4n) is 1.13. The SMILES string of the molecule is CCCc1nc(CC)sc1C(=O)O. The van der Waals surface area contributed by atoms with Gasteiger partial charge in [0.15, 0.2) is 0 Å². The number of carboxylic acid groups (broad SMARTS) is 1. The van der Waals surface area contributed by atoms with Crippen molar-refractivity contribution in [3.8, 4) is 0 Å². The fourth-order valence-corrected chi connectivity index (χ4v) is 2.01. The largest absolute Gasteiger partial charge is 0.477 e. The first kappa shape index (κ1) is 10.2. The highest BCUT2D eigenvalue weighted by Gasteiger charge is 2.15. The first-order chi connectivity index (χ1) is 6.19. The number of nitrogens with zero attached hydrogens (tertiary/aromatic N) is 1. The van der Waals surface area contributed by atoms with Crippen LogP contribution in [-0.2, 0) is 12.8 Å². The molecule has 1 rings (SSSR count). The van der Waals surface area contributed by atoms with E-state index >= 15 is 0 Å². The summed E-state index contributed by atoms with van der Waals surface area (Å²) in [7, 11) is 0. The maximum absolute atomic E-state index is 10.8. The topological polar surface area (TPSA) is 50.2 Å². The average molecular weight is 199 g/mol. The molecule has 0 atom stereocenters. The summed E-state index contributed by atoms with van der Waals surface area (Å²) in [5.74, 6) is -0.847. The summed E-state index contributed by atoms with van der Waals surface area (Å²) < 4.78 is 0. The summed E-state index contributed by atoms with van der Waals surface area (Å²) in [5, 5.41) is 9.79. The van der Waals surface area contributed by atoms with Gasteiger partial charge in [-0.1, -0.05) is 20.3 Å². The Balaban J connectivity index is 3.00. The molecular formula is C9H13NO2S. The zero-order valence-electron chi connectivity index (χ0n) is 7.83. The van der Waals surface area contributed by atoms with Crippen molar-refractivity contribution in [1.82, 2.24) is 4.98 Å². The third-order valence-electron chi connectivity index (χ3n) is 1.73. The molecule has 0 amide bonds. The van der Waals surface area contributed by atoms with Crippen molar-refractivity contribution in [2.24, 2.45) is 0 Å². The second kappa shape index (κ2) is 4.37. The van der Waals surface area contributed by atoms with Gasteiger partial charge in [0, 0.05) is 0 Å². The molecule has 1 aromatic heterocycles. The van der Waals surface area contributed by atoms with Crippen LogP contribution in [0, 0.1) is 0 Å². The monoisotopic (exact) mass is 199 g/mol. The third-order valence-corrected chi connectivity index (χ3v) is 2.96. The highest BCUT2D eigenvalue weighted by atomic mass is 32.1. The lowest BCUT2D eigenvalue weighted by Gasteiger charge is -1.92. The van der Waals surface area contributed by atoms with Gasteiger partial charge in [0.05, 0.1) is 10.7 Å². The van der Waals surface area contributed by atoms with Crippen molar-refractivity contribution >= 4 is 17.3 Å². The molecule has 3 nitrogen and oxygen atoms in total. The summed E-state index contributed by atoms with van der Waals surface area (Å²) in [5.41, 5.74) is 0.747. The number of aromatic carboxylic acids is 1. The van der Waals surface area contributed by atoms with E-state index in [0.717, 1.165) is 30.0 Å². The number of rotatable bonds is 4. The molecule has 4 heteroatoms. The van der Waals surface area contributed by atoms with Crippen LogP contribution < -0.4 is 0 Å². The highest BCUT2D eigenvalue weighted by Crippen LogP contribution is 2.20. The molecule has 13 heavy (non-hydrogen) atoms. The van der Waals surface area contributed by atoms with E-state index in [0.29, 0.717) is 4.88 Å². The van der Waals surface area contributed by atoms with Crippen molar-refractivity contribution in [2.45, 2.75) is 33.1 Å². The maximum Gasteiger partial charge on any atom is 0.347 e. The predicted octanol–water partition coefficient (Wildman–Crippen LogP) is 2.36. The van der Waals surface area contributed by atoms with Gasteiger partial charge in [0.2, 0.25) is 0 Å². The Morgan fingerprint density at radius 3 is 2.69 bits per heavy atom. The lowest BCUT2D eigenvalue weighted by Crippen LogP contribution is -1.98. The Morgan fingerprint density at radius 1 is 1.54 bits per heavy atom. The van der Waals surface area contributed by atoms with E-state index in [2.05, 4.69) is 4.98 Å². The van der Waals surface area contributed by atoms with Crippen molar-refractivity contribution in [2.75, 3.05) is 0 Å². The molecule has 0 aliphatic rings.